The molecule has 1 N–H and O–H groups in total. The zero-order valence-corrected chi connectivity index (χ0v) is 19.4. The van der Waals surface area contributed by atoms with Gasteiger partial charge in [0.1, 0.15) is 11.4 Å². The van der Waals surface area contributed by atoms with Crippen molar-refractivity contribution in [1.29, 1.82) is 0 Å². The lowest BCUT2D eigenvalue weighted by atomic mass is 10.1. The Morgan fingerprint density at radius 3 is 2.58 bits per heavy atom. The number of ether oxygens (including phenoxy) is 1. The Hall–Kier alpha value is -3.29. The Morgan fingerprint density at radius 2 is 1.82 bits per heavy atom. The largest absolute Gasteiger partial charge is 0.494 e. The van der Waals surface area contributed by atoms with E-state index in [0.29, 0.717) is 28.2 Å². The van der Waals surface area contributed by atoms with Gasteiger partial charge in [0.25, 0.3) is 5.91 Å². The molecule has 5 rings (SSSR count). The molecule has 1 atom stereocenters. The second-order valence-electron chi connectivity index (χ2n) is 7.49. The predicted octanol–water partition coefficient (Wildman–Crippen LogP) is 3.82. The summed E-state index contributed by atoms with van der Waals surface area (Å²) in [6.45, 7) is 2.55. The van der Waals surface area contributed by atoms with Crippen LogP contribution in [0.3, 0.4) is 0 Å². The molecule has 0 aliphatic carbocycles. The van der Waals surface area contributed by atoms with E-state index in [-0.39, 0.29) is 5.91 Å². The van der Waals surface area contributed by atoms with Crippen LogP contribution in [0.25, 0.3) is 5.70 Å². The van der Waals surface area contributed by atoms with Crippen LogP contribution in [-0.2, 0) is 10.5 Å². The number of rotatable bonds is 5. The van der Waals surface area contributed by atoms with E-state index in [9.17, 15) is 4.79 Å². The van der Waals surface area contributed by atoms with Gasteiger partial charge in [0, 0.05) is 16.0 Å². The molecule has 0 saturated carbocycles. The molecule has 2 heterocycles. The summed E-state index contributed by atoms with van der Waals surface area (Å²) >= 11 is 7.45. The number of nitrogens with zero attached hydrogens (tertiary/aromatic N) is 3. The molecule has 0 spiro atoms. The lowest BCUT2D eigenvalue weighted by Crippen LogP contribution is -2.50. The maximum absolute atomic E-state index is 13.2. The first-order chi connectivity index (χ1) is 16.1. The molecule has 33 heavy (non-hydrogen) atoms. The van der Waals surface area contributed by atoms with E-state index in [1.165, 1.54) is 11.8 Å². The van der Waals surface area contributed by atoms with Crippen LogP contribution in [-0.4, -0.2) is 22.7 Å². The minimum absolute atomic E-state index is 0.193. The van der Waals surface area contributed by atoms with Gasteiger partial charge < -0.3 is 4.74 Å². The molecule has 3 aromatic carbocycles. The van der Waals surface area contributed by atoms with Gasteiger partial charge in [-0.05, 0) is 48.4 Å². The first kappa shape index (κ1) is 21.6. The first-order valence-corrected chi connectivity index (χ1v) is 11.9. The molecule has 0 radical (unpaired) electrons. The average Bonchev–Trinajstić information content (AvgIpc) is 2.84. The Kier molecular flexibility index (Phi) is 6.07. The molecule has 2 aliphatic rings. The SMILES string of the molecule is CCOc1ccc([C@H]2N=c3ccccc3=C3C(=O)NC(SCc4ccc(Cl)cc4)=NN32)cc1. The van der Waals surface area contributed by atoms with Gasteiger partial charge in [-0.3, -0.25) is 15.1 Å². The van der Waals surface area contributed by atoms with E-state index in [4.69, 9.17) is 26.4 Å². The number of nitrogens with one attached hydrogen (secondary N) is 1. The Morgan fingerprint density at radius 1 is 1.06 bits per heavy atom. The van der Waals surface area contributed by atoms with Crippen LogP contribution >= 0.6 is 23.4 Å². The quantitative estimate of drug-likeness (QED) is 0.608. The van der Waals surface area contributed by atoms with Gasteiger partial charge in [-0.25, -0.2) is 5.01 Å². The minimum Gasteiger partial charge on any atom is -0.494 e. The second-order valence-corrected chi connectivity index (χ2v) is 8.89. The summed E-state index contributed by atoms with van der Waals surface area (Å²) in [7, 11) is 0. The smallest absolute Gasteiger partial charge is 0.276 e. The third kappa shape index (κ3) is 4.47. The van der Waals surface area contributed by atoms with Crippen molar-refractivity contribution in [3.05, 3.63) is 99.5 Å². The van der Waals surface area contributed by atoms with Crippen molar-refractivity contribution < 1.29 is 9.53 Å². The van der Waals surface area contributed by atoms with Crippen molar-refractivity contribution in [2.45, 2.75) is 18.8 Å². The van der Waals surface area contributed by atoms with Crippen molar-refractivity contribution in [3.63, 3.8) is 0 Å². The summed E-state index contributed by atoms with van der Waals surface area (Å²) in [4.78, 5) is 18.1. The molecule has 2 aliphatic heterocycles. The molecule has 0 bridgehead atoms. The topological polar surface area (TPSA) is 66.3 Å². The third-order valence-electron chi connectivity index (χ3n) is 5.29. The third-order valence-corrected chi connectivity index (χ3v) is 6.48. The predicted molar refractivity (Wildman–Crippen MR) is 131 cm³/mol. The van der Waals surface area contributed by atoms with Crippen LogP contribution in [0.15, 0.2) is 82.9 Å². The summed E-state index contributed by atoms with van der Waals surface area (Å²) in [5.74, 6) is 1.25. The molecule has 0 unspecified atom stereocenters. The number of benzene rings is 3. The Balaban J connectivity index is 1.52. The first-order valence-electron chi connectivity index (χ1n) is 10.6. The molecular weight excluding hydrogens is 456 g/mol. The van der Waals surface area contributed by atoms with Crippen molar-refractivity contribution in [2.24, 2.45) is 10.1 Å². The van der Waals surface area contributed by atoms with Crippen molar-refractivity contribution >= 4 is 40.1 Å². The fourth-order valence-electron chi connectivity index (χ4n) is 3.74. The van der Waals surface area contributed by atoms with Crippen molar-refractivity contribution in [1.82, 2.24) is 10.3 Å². The number of hydrogen-bond donors (Lipinski definition) is 1. The van der Waals surface area contributed by atoms with Gasteiger partial charge in [0.15, 0.2) is 11.3 Å². The Labute approximate surface area is 200 Å². The number of halogens is 1. The van der Waals surface area contributed by atoms with Crippen LogP contribution in [0.1, 0.15) is 24.2 Å². The van der Waals surface area contributed by atoms with Crippen LogP contribution in [0.2, 0.25) is 5.02 Å². The number of thioether (sulfide) groups is 1. The number of fused-ring (bicyclic) bond motifs is 2. The van der Waals surface area contributed by atoms with Gasteiger partial charge >= 0.3 is 0 Å². The number of hydrogen-bond acceptors (Lipinski definition) is 6. The lowest BCUT2D eigenvalue weighted by molar-refractivity contribution is -0.116. The summed E-state index contributed by atoms with van der Waals surface area (Å²) in [5.41, 5.74) is 2.51. The highest BCUT2D eigenvalue weighted by Gasteiger charge is 2.34. The molecule has 0 aromatic heterocycles. The van der Waals surface area contributed by atoms with E-state index < -0.39 is 6.17 Å². The van der Waals surface area contributed by atoms with Gasteiger partial charge in [0.2, 0.25) is 0 Å². The van der Waals surface area contributed by atoms with Gasteiger partial charge in [-0.1, -0.05) is 65.8 Å². The van der Waals surface area contributed by atoms with Crippen LogP contribution in [0.4, 0.5) is 0 Å². The standard InChI is InChI=1S/C25H21ClN4O2S/c1-2-32-19-13-9-17(10-14-19)23-27-21-6-4-3-5-20(21)22-24(31)28-25(29-30(22)23)33-15-16-7-11-18(26)12-8-16/h3-14,23H,2,15H2,1H3,(H,28,29,31)/t23-/m0/s1. The van der Waals surface area contributed by atoms with Crippen molar-refractivity contribution in [2.75, 3.05) is 6.61 Å². The number of hydrazone groups is 1. The summed E-state index contributed by atoms with van der Waals surface area (Å²) in [5, 5.41) is 12.2. The molecule has 166 valence electrons. The highest BCUT2D eigenvalue weighted by molar-refractivity contribution is 8.13. The van der Waals surface area contributed by atoms with Crippen LogP contribution in [0, 0.1) is 0 Å². The Bertz CT molecular complexity index is 1340. The summed E-state index contributed by atoms with van der Waals surface area (Å²) in [6, 6.07) is 23.0. The summed E-state index contributed by atoms with van der Waals surface area (Å²) in [6.07, 6.45) is -0.456. The molecule has 6 nitrogen and oxygen atoms in total. The maximum atomic E-state index is 13.2. The van der Waals surface area contributed by atoms with Gasteiger partial charge in [0.05, 0.1) is 12.0 Å². The minimum atomic E-state index is -0.456. The zero-order valence-electron chi connectivity index (χ0n) is 17.9. The molecular formula is C25H21ClN4O2S. The number of para-hydroxylation sites is 1. The van der Waals surface area contributed by atoms with Crippen molar-refractivity contribution in [3.8, 4) is 5.75 Å². The zero-order chi connectivity index (χ0) is 22.8. The highest BCUT2D eigenvalue weighted by atomic mass is 35.5. The lowest BCUT2D eigenvalue weighted by Gasteiger charge is -2.34. The van der Waals surface area contributed by atoms with E-state index >= 15 is 0 Å². The van der Waals surface area contributed by atoms with E-state index in [1.807, 2.05) is 79.7 Å². The molecule has 0 fully saturated rings. The van der Waals surface area contributed by atoms with Gasteiger partial charge in [-0.2, -0.15) is 0 Å². The molecule has 1 amide bonds. The van der Waals surface area contributed by atoms with Crippen LogP contribution < -0.4 is 20.6 Å². The molecule has 3 aromatic rings. The number of carbonyl (C=O) groups is 1. The van der Waals surface area contributed by atoms with E-state index in [2.05, 4.69) is 5.32 Å². The normalized spacial score (nSPS) is 16.8. The van der Waals surface area contributed by atoms with Crippen LogP contribution in [0.5, 0.6) is 5.75 Å². The monoisotopic (exact) mass is 476 g/mol. The average molecular weight is 477 g/mol. The second kappa shape index (κ2) is 9.29. The summed E-state index contributed by atoms with van der Waals surface area (Å²) < 4.78 is 5.57. The fraction of sp³-hybridized carbons (Fsp3) is 0.160. The van der Waals surface area contributed by atoms with E-state index in [0.717, 1.165) is 27.5 Å². The number of amidine groups is 1. The van der Waals surface area contributed by atoms with Gasteiger partial charge in [-0.15, -0.1) is 5.10 Å². The molecule has 8 heteroatoms. The maximum Gasteiger partial charge on any atom is 0.276 e. The number of carbonyl (C=O) groups excluding carboxylic acids is 1. The van der Waals surface area contributed by atoms with E-state index in [1.54, 1.807) is 5.01 Å². The molecule has 0 saturated heterocycles. The fourth-order valence-corrected chi connectivity index (χ4v) is 4.68. The number of amides is 1. The highest BCUT2D eigenvalue weighted by Crippen LogP contribution is 2.32.